The van der Waals surface area contributed by atoms with Gasteiger partial charge in [0.2, 0.25) is 5.91 Å². The number of thiazole rings is 1. The van der Waals surface area contributed by atoms with E-state index in [1.165, 1.54) is 6.42 Å². The fourth-order valence-electron chi connectivity index (χ4n) is 3.34. The molecule has 2 aliphatic rings. The van der Waals surface area contributed by atoms with Gasteiger partial charge in [-0.25, -0.2) is 10.4 Å². The van der Waals surface area contributed by atoms with E-state index in [4.69, 9.17) is 4.74 Å². The lowest BCUT2D eigenvalue weighted by molar-refractivity contribution is -0.120. The second-order valence-corrected chi connectivity index (χ2v) is 7.54. The van der Waals surface area contributed by atoms with Crippen molar-refractivity contribution >= 4 is 28.1 Å². The van der Waals surface area contributed by atoms with Crippen LogP contribution >= 0.6 is 11.3 Å². The maximum absolute atomic E-state index is 12.2. The van der Waals surface area contributed by atoms with Crippen molar-refractivity contribution in [3.8, 4) is 0 Å². The summed E-state index contributed by atoms with van der Waals surface area (Å²) in [5.41, 5.74) is 4.67. The number of aromatic nitrogens is 1. The van der Waals surface area contributed by atoms with Gasteiger partial charge in [0.1, 0.15) is 0 Å². The van der Waals surface area contributed by atoms with Crippen LogP contribution in [0.5, 0.6) is 0 Å². The Morgan fingerprint density at radius 2 is 2.08 bits per heavy atom. The van der Waals surface area contributed by atoms with Gasteiger partial charge < -0.3 is 9.64 Å². The molecule has 1 aromatic heterocycles. The van der Waals surface area contributed by atoms with Crippen molar-refractivity contribution < 1.29 is 9.53 Å². The number of morpholine rings is 1. The average Bonchev–Trinajstić information content (AvgIpc) is 3.03. The van der Waals surface area contributed by atoms with E-state index in [0.717, 1.165) is 55.7 Å². The van der Waals surface area contributed by atoms with E-state index in [-0.39, 0.29) is 12.3 Å². The number of hydrazone groups is 1. The van der Waals surface area contributed by atoms with Crippen molar-refractivity contribution in [3.05, 3.63) is 11.1 Å². The highest BCUT2D eigenvalue weighted by Gasteiger charge is 2.23. The van der Waals surface area contributed by atoms with Gasteiger partial charge in [0.25, 0.3) is 0 Å². The van der Waals surface area contributed by atoms with Gasteiger partial charge in [0, 0.05) is 24.2 Å². The fourth-order valence-corrected chi connectivity index (χ4v) is 4.22. The van der Waals surface area contributed by atoms with Crippen LogP contribution in [0.25, 0.3) is 0 Å². The maximum Gasteiger partial charge on any atom is 0.246 e. The third-order valence-electron chi connectivity index (χ3n) is 4.76. The van der Waals surface area contributed by atoms with E-state index in [9.17, 15) is 4.79 Å². The molecule has 0 unspecified atom stereocenters. The van der Waals surface area contributed by atoms with Gasteiger partial charge in [0.05, 0.1) is 25.3 Å². The molecule has 0 aromatic carbocycles. The van der Waals surface area contributed by atoms with Crippen LogP contribution < -0.4 is 10.3 Å². The fraction of sp³-hybridized carbons (Fsp3) is 0.706. The number of hydrogen-bond donors (Lipinski definition) is 1. The molecule has 6 nitrogen and oxygen atoms in total. The van der Waals surface area contributed by atoms with E-state index in [1.54, 1.807) is 11.3 Å². The van der Waals surface area contributed by atoms with Gasteiger partial charge in [-0.1, -0.05) is 20.3 Å². The predicted molar refractivity (Wildman–Crippen MR) is 96.6 cm³/mol. The molecule has 2 heterocycles. The zero-order chi connectivity index (χ0) is 16.9. The second-order valence-electron chi connectivity index (χ2n) is 6.70. The molecule has 132 valence electrons. The Morgan fingerprint density at radius 1 is 1.38 bits per heavy atom. The van der Waals surface area contributed by atoms with Crippen molar-refractivity contribution in [1.29, 1.82) is 0 Å². The lowest BCUT2D eigenvalue weighted by Gasteiger charge is -2.26. The molecule has 1 aromatic rings. The monoisotopic (exact) mass is 350 g/mol. The first-order chi connectivity index (χ1) is 11.6. The SMILES string of the molecule is C[C@@H]1CCC[C@H](C)C1=NNC(=O)Cc1csc(N2CCOCC2)n1. The van der Waals surface area contributed by atoms with Crippen molar-refractivity contribution in [3.63, 3.8) is 0 Å². The van der Waals surface area contributed by atoms with Gasteiger partial charge in [-0.05, 0) is 24.7 Å². The standard InChI is InChI=1S/C17H26N4O2S/c1-12-4-3-5-13(2)16(12)20-19-15(22)10-14-11-24-17(18-14)21-6-8-23-9-7-21/h11-13H,3-10H2,1-2H3,(H,19,22)/t12-,13+. The normalized spacial score (nSPS) is 26.6. The number of amides is 1. The molecule has 24 heavy (non-hydrogen) atoms. The first-order valence-corrected chi connectivity index (χ1v) is 9.65. The summed E-state index contributed by atoms with van der Waals surface area (Å²) >= 11 is 1.59. The molecular formula is C17H26N4O2S. The van der Waals surface area contributed by atoms with Gasteiger partial charge in [-0.2, -0.15) is 5.10 Å². The summed E-state index contributed by atoms with van der Waals surface area (Å²) in [5, 5.41) is 7.34. The summed E-state index contributed by atoms with van der Waals surface area (Å²) in [6.07, 6.45) is 3.85. The predicted octanol–water partition coefficient (Wildman–Crippen LogP) is 2.45. The quantitative estimate of drug-likeness (QED) is 0.847. The molecule has 2 atom stereocenters. The number of carbonyl (C=O) groups excluding carboxylic acids is 1. The highest BCUT2D eigenvalue weighted by Crippen LogP contribution is 2.26. The third-order valence-corrected chi connectivity index (χ3v) is 5.71. The van der Waals surface area contributed by atoms with Crippen molar-refractivity contribution in [1.82, 2.24) is 10.4 Å². The van der Waals surface area contributed by atoms with Gasteiger partial charge >= 0.3 is 0 Å². The van der Waals surface area contributed by atoms with E-state index < -0.39 is 0 Å². The third kappa shape index (κ3) is 4.33. The molecule has 0 radical (unpaired) electrons. The van der Waals surface area contributed by atoms with Gasteiger partial charge in [-0.3, -0.25) is 4.79 Å². The Balaban J connectivity index is 1.54. The van der Waals surface area contributed by atoms with Gasteiger partial charge in [0.15, 0.2) is 5.13 Å². The maximum atomic E-state index is 12.2. The topological polar surface area (TPSA) is 66.8 Å². The molecule has 1 aliphatic heterocycles. The van der Waals surface area contributed by atoms with Crippen LogP contribution in [0.15, 0.2) is 10.5 Å². The number of rotatable bonds is 4. The second kappa shape index (κ2) is 8.07. The Morgan fingerprint density at radius 3 is 2.79 bits per heavy atom. The number of ether oxygens (including phenoxy) is 1. The Hall–Kier alpha value is -1.47. The molecule has 1 N–H and O–H groups in total. The Kier molecular flexibility index (Phi) is 5.84. The summed E-state index contributed by atoms with van der Waals surface area (Å²) < 4.78 is 5.36. The van der Waals surface area contributed by atoms with E-state index in [2.05, 4.69) is 34.3 Å². The molecular weight excluding hydrogens is 324 g/mol. The Labute approximate surface area is 147 Å². The zero-order valence-electron chi connectivity index (χ0n) is 14.5. The molecule has 7 heteroatoms. The number of nitrogens with zero attached hydrogens (tertiary/aromatic N) is 3. The molecule has 2 fully saturated rings. The summed E-state index contributed by atoms with van der Waals surface area (Å²) in [5.74, 6) is 0.828. The van der Waals surface area contributed by atoms with Crippen LogP contribution in [0.3, 0.4) is 0 Å². The lowest BCUT2D eigenvalue weighted by Crippen LogP contribution is -2.36. The first-order valence-electron chi connectivity index (χ1n) is 8.77. The largest absolute Gasteiger partial charge is 0.378 e. The summed E-state index contributed by atoms with van der Waals surface area (Å²) in [6.45, 7) is 7.59. The van der Waals surface area contributed by atoms with Crippen molar-refractivity contribution in [2.45, 2.75) is 39.5 Å². The summed E-state index contributed by atoms with van der Waals surface area (Å²) in [6, 6.07) is 0. The molecule has 0 spiro atoms. The highest BCUT2D eigenvalue weighted by atomic mass is 32.1. The minimum Gasteiger partial charge on any atom is -0.378 e. The van der Waals surface area contributed by atoms with Gasteiger partial charge in [-0.15, -0.1) is 11.3 Å². The first kappa shape index (κ1) is 17.4. The van der Waals surface area contributed by atoms with Crippen LogP contribution in [0, 0.1) is 11.8 Å². The summed E-state index contributed by atoms with van der Waals surface area (Å²) in [7, 11) is 0. The molecule has 0 bridgehead atoms. The number of carbonyl (C=O) groups is 1. The number of nitrogens with one attached hydrogen (secondary N) is 1. The summed E-state index contributed by atoms with van der Waals surface area (Å²) in [4.78, 5) is 19.0. The van der Waals surface area contributed by atoms with Crippen LogP contribution in [0.1, 0.15) is 38.8 Å². The van der Waals surface area contributed by atoms with E-state index >= 15 is 0 Å². The van der Waals surface area contributed by atoms with E-state index in [1.807, 2.05) is 5.38 Å². The van der Waals surface area contributed by atoms with Crippen LogP contribution in [0.4, 0.5) is 5.13 Å². The van der Waals surface area contributed by atoms with Crippen molar-refractivity contribution in [2.75, 3.05) is 31.2 Å². The zero-order valence-corrected chi connectivity index (χ0v) is 15.3. The minimum absolute atomic E-state index is 0.0914. The smallest absolute Gasteiger partial charge is 0.246 e. The van der Waals surface area contributed by atoms with Crippen molar-refractivity contribution in [2.24, 2.45) is 16.9 Å². The molecule has 1 saturated carbocycles. The molecule has 1 saturated heterocycles. The van der Waals surface area contributed by atoms with Crippen LogP contribution in [-0.2, 0) is 16.0 Å². The van der Waals surface area contributed by atoms with Crippen LogP contribution in [-0.4, -0.2) is 42.9 Å². The average molecular weight is 350 g/mol. The van der Waals surface area contributed by atoms with Crippen LogP contribution in [0.2, 0.25) is 0 Å². The number of hydrogen-bond acceptors (Lipinski definition) is 6. The van der Waals surface area contributed by atoms with E-state index in [0.29, 0.717) is 11.8 Å². The molecule has 3 rings (SSSR count). The Bertz CT molecular complexity index is 583. The highest BCUT2D eigenvalue weighted by molar-refractivity contribution is 7.13. The lowest BCUT2D eigenvalue weighted by atomic mass is 9.81. The number of anilines is 1. The minimum atomic E-state index is -0.0914. The molecule has 1 amide bonds. The molecule has 1 aliphatic carbocycles.